The van der Waals surface area contributed by atoms with E-state index in [4.69, 9.17) is 4.99 Å². The summed E-state index contributed by atoms with van der Waals surface area (Å²) in [5.74, 6) is 2.29. The molecule has 2 heterocycles. The number of unbranched alkanes of at least 4 members (excludes halogenated alkanes) is 1. The van der Waals surface area contributed by atoms with Crippen LogP contribution in [-0.2, 0) is 0 Å². The molecule has 0 aromatic rings. The zero-order valence-electron chi connectivity index (χ0n) is 17.1. The largest absolute Gasteiger partial charge is 0.357 e. The summed E-state index contributed by atoms with van der Waals surface area (Å²) in [6.07, 6.45) is 5.12. The molecule has 0 radical (unpaired) electrons. The van der Waals surface area contributed by atoms with E-state index in [9.17, 15) is 0 Å². The Labute approximate surface area is 182 Å². The van der Waals surface area contributed by atoms with Crippen LogP contribution in [0.2, 0.25) is 0 Å². The van der Waals surface area contributed by atoms with Gasteiger partial charge < -0.3 is 20.4 Å². The highest BCUT2D eigenvalue weighted by Gasteiger charge is 2.29. The van der Waals surface area contributed by atoms with Gasteiger partial charge in [-0.1, -0.05) is 6.92 Å². The second-order valence-corrected chi connectivity index (χ2v) is 9.19. The first kappa shape index (κ1) is 24.3. The molecule has 26 heavy (non-hydrogen) atoms. The van der Waals surface area contributed by atoms with Crippen LogP contribution in [0.15, 0.2) is 4.99 Å². The van der Waals surface area contributed by atoms with Gasteiger partial charge in [0, 0.05) is 44.0 Å². The lowest BCUT2D eigenvalue weighted by Crippen LogP contribution is -2.46. The van der Waals surface area contributed by atoms with Gasteiger partial charge in [0.05, 0.1) is 6.54 Å². The quantitative estimate of drug-likeness (QED) is 0.222. The van der Waals surface area contributed by atoms with Gasteiger partial charge in [0.2, 0.25) is 0 Å². The molecule has 2 rings (SSSR count). The van der Waals surface area contributed by atoms with Crippen molar-refractivity contribution in [3.8, 4) is 0 Å². The van der Waals surface area contributed by atoms with Crippen LogP contribution < -0.4 is 10.6 Å². The van der Waals surface area contributed by atoms with E-state index in [0.29, 0.717) is 4.75 Å². The van der Waals surface area contributed by atoms with Crippen molar-refractivity contribution in [3.63, 3.8) is 0 Å². The molecule has 0 aromatic carbocycles. The van der Waals surface area contributed by atoms with Crippen molar-refractivity contribution in [2.45, 2.75) is 51.2 Å². The normalized spacial score (nSPS) is 25.1. The molecule has 154 valence electrons. The molecule has 0 bridgehead atoms. The Hall–Kier alpha value is 0.270. The lowest BCUT2D eigenvalue weighted by atomic mass is 10.1. The predicted octanol–water partition coefficient (Wildman–Crippen LogP) is 2.86. The molecule has 5 nitrogen and oxygen atoms in total. The number of nitrogens with zero attached hydrogens (tertiary/aromatic N) is 3. The Morgan fingerprint density at radius 2 is 1.81 bits per heavy atom. The average molecular weight is 498 g/mol. The van der Waals surface area contributed by atoms with Crippen LogP contribution in [-0.4, -0.2) is 85.2 Å². The Morgan fingerprint density at radius 3 is 2.42 bits per heavy atom. The van der Waals surface area contributed by atoms with Crippen LogP contribution in [0, 0.1) is 0 Å². The van der Waals surface area contributed by atoms with Gasteiger partial charge >= 0.3 is 0 Å². The van der Waals surface area contributed by atoms with E-state index in [1.807, 2.05) is 0 Å². The summed E-state index contributed by atoms with van der Waals surface area (Å²) >= 11 is 2.08. The molecule has 2 saturated heterocycles. The minimum atomic E-state index is 0. The molecule has 1 atom stereocenters. The maximum absolute atomic E-state index is 4.83. The average Bonchev–Trinajstić information content (AvgIpc) is 3.07. The number of thioether (sulfide) groups is 1. The Bertz CT molecular complexity index is 393. The van der Waals surface area contributed by atoms with E-state index in [1.165, 1.54) is 70.7 Å². The smallest absolute Gasteiger partial charge is 0.191 e. The van der Waals surface area contributed by atoms with Crippen molar-refractivity contribution in [2.75, 3.05) is 64.7 Å². The first-order chi connectivity index (χ1) is 12.1. The number of hydrogen-bond acceptors (Lipinski definition) is 4. The molecule has 7 heteroatoms. The Kier molecular flexibility index (Phi) is 12.6. The fraction of sp³-hybridized carbons (Fsp3) is 0.947. The molecule has 1 unspecified atom stereocenters. The first-order valence-corrected chi connectivity index (χ1v) is 11.2. The van der Waals surface area contributed by atoms with Crippen LogP contribution in [0.5, 0.6) is 0 Å². The van der Waals surface area contributed by atoms with E-state index in [-0.39, 0.29) is 24.0 Å². The maximum Gasteiger partial charge on any atom is 0.191 e. The Morgan fingerprint density at radius 1 is 1.08 bits per heavy atom. The summed E-state index contributed by atoms with van der Waals surface area (Å²) < 4.78 is 0.350. The molecular weight excluding hydrogens is 457 g/mol. The van der Waals surface area contributed by atoms with Gasteiger partial charge in [-0.05, 0) is 58.4 Å². The highest BCUT2D eigenvalue weighted by atomic mass is 127. The summed E-state index contributed by atoms with van der Waals surface area (Å²) in [6.45, 7) is 17.0. The zero-order chi connectivity index (χ0) is 18.0. The van der Waals surface area contributed by atoms with Gasteiger partial charge in [-0.25, -0.2) is 0 Å². The molecule has 2 aliphatic rings. The number of hydrogen-bond donors (Lipinski definition) is 2. The maximum atomic E-state index is 4.83. The predicted molar refractivity (Wildman–Crippen MR) is 127 cm³/mol. The number of nitrogens with one attached hydrogen (secondary N) is 2. The topological polar surface area (TPSA) is 42.9 Å². The fourth-order valence-corrected chi connectivity index (χ4v) is 4.77. The number of aliphatic imine (C=N–C) groups is 1. The van der Waals surface area contributed by atoms with Crippen LogP contribution in [0.4, 0.5) is 0 Å². The minimum absolute atomic E-state index is 0. The number of halogens is 1. The highest BCUT2D eigenvalue weighted by Crippen LogP contribution is 2.37. The fourth-order valence-electron chi connectivity index (χ4n) is 3.55. The van der Waals surface area contributed by atoms with E-state index < -0.39 is 0 Å². The van der Waals surface area contributed by atoms with E-state index in [0.717, 1.165) is 25.6 Å². The molecule has 0 amide bonds. The van der Waals surface area contributed by atoms with Crippen molar-refractivity contribution >= 4 is 41.7 Å². The monoisotopic (exact) mass is 497 g/mol. The third kappa shape index (κ3) is 8.97. The summed E-state index contributed by atoms with van der Waals surface area (Å²) in [5, 5.41) is 6.91. The number of piperazine rings is 1. The zero-order valence-corrected chi connectivity index (χ0v) is 20.2. The molecule has 0 aliphatic carbocycles. The van der Waals surface area contributed by atoms with Gasteiger partial charge in [-0.15, -0.1) is 24.0 Å². The van der Waals surface area contributed by atoms with Crippen molar-refractivity contribution < 1.29 is 0 Å². The standard InChI is InChI=1S/C19H39N5S.HI/c1-4-20-18(22-17-19(3)9-8-16-25-19)21-10-6-7-11-24-14-12-23(5-2)13-15-24;/h4-17H2,1-3H3,(H2,20,21,22);1H. The molecule has 0 aromatic heterocycles. The van der Waals surface area contributed by atoms with Crippen molar-refractivity contribution in [1.29, 1.82) is 0 Å². The molecular formula is C19H40IN5S. The van der Waals surface area contributed by atoms with E-state index >= 15 is 0 Å². The van der Waals surface area contributed by atoms with Crippen molar-refractivity contribution in [2.24, 2.45) is 4.99 Å². The van der Waals surface area contributed by atoms with Gasteiger partial charge in [-0.2, -0.15) is 11.8 Å². The van der Waals surface area contributed by atoms with E-state index in [1.54, 1.807) is 0 Å². The lowest BCUT2D eigenvalue weighted by Gasteiger charge is -2.34. The summed E-state index contributed by atoms with van der Waals surface area (Å²) in [7, 11) is 0. The summed E-state index contributed by atoms with van der Waals surface area (Å²) in [6, 6.07) is 0. The molecule has 2 aliphatic heterocycles. The first-order valence-electron chi connectivity index (χ1n) is 10.3. The van der Waals surface area contributed by atoms with E-state index in [2.05, 4.69) is 53.0 Å². The molecule has 0 spiro atoms. The molecule has 0 saturated carbocycles. The number of likely N-dealkylation sites (N-methyl/N-ethyl adjacent to an activating group) is 1. The summed E-state index contributed by atoms with van der Waals surface area (Å²) in [5.41, 5.74) is 0. The van der Waals surface area contributed by atoms with Crippen LogP contribution in [0.25, 0.3) is 0 Å². The molecule has 2 N–H and O–H groups in total. The van der Waals surface area contributed by atoms with Gasteiger partial charge in [-0.3, -0.25) is 4.99 Å². The second-order valence-electron chi connectivity index (χ2n) is 7.51. The summed E-state index contributed by atoms with van der Waals surface area (Å²) in [4.78, 5) is 9.99. The van der Waals surface area contributed by atoms with Crippen LogP contribution >= 0.6 is 35.7 Å². The van der Waals surface area contributed by atoms with Gasteiger partial charge in [0.25, 0.3) is 0 Å². The van der Waals surface area contributed by atoms with Gasteiger partial charge in [0.15, 0.2) is 5.96 Å². The number of guanidine groups is 1. The lowest BCUT2D eigenvalue weighted by molar-refractivity contribution is 0.136. The van der Waals surface area contributed by atoms with Crippen LogP contribution in [0.1, 0.15) is 46.5 Å². The van der Waals surface area contributed by atoms with Crippen molar-refractivity contribution in [1.82, 2.24) is 20.4 Å². The van der Waals surface area contributed by atoms with Gasteiger partial charge in [0.1, 0.15) is 0 Å². The minimum Gasteiger partial charge on any atom is -0.357 e. The van der Waals surface area contributed by atoms with Crippen molar-refractivity contribution in [3.05, 3.63) is 0 Å². The second kappa shape index (κ2) is 13.4. The SMILES string of the molecule is CCNC(=NCC1(C)CCCS1)NCCCCN1CCN(CC)CC1.I. The Balaban J connectivity index is 0.00000338. The third-order valence-electron chi connectivity index (χ3n) is 5.32. The number of rotatable bonds is 9. The highest BCUT2D eigenvalue weighted by molar-refractivity contribution is 14.0. The molecule has 2 fully saturated rings. The van der Waals surface area contributed by atoms with Crippen LogP contribution in [0.3, 0.4) is 0 Å². The third-order valence-corrected chi connectivity index (χ3v) is 6.84.